The Morgan fingerprint density at radius 2 is 2.05 bits per heavy atom. The van der Waals surface area contributed by atoms with E-state index in [9.17, 15) is 0 Å². The minimum absolute atomic E-state index is 0.0574. The second-order valence-electron chi connectivity index (χ2n) is 5.72. The lowest BCUT2D eigenvalue weighted by atomic mass is 9.87. The Morgan fingerprint density at radius 3 is 2.74 bits per heavy atom. The lowest BCUT2D eigenvalue weighted by Crippen LogP contribution is -2.15. The van der Waals surface area contributed by atoms with Crippen molar-refractivity contribution < 1.29 is 0 Å². The Bertz CT molecular complexity index is 688. The van der Waals surface area contributed by atoms with E-state index in [0.29, 0.717) is 0 Å². The zero-order chi connectivity index (χ0) is 13.5. The topological polar surface area (TPSA) is 48.0 Å². The Hall–Kier alpha value is -2.17. The SMILES string of the molecule is CC(C)(C)c1ccc(Cn2ccnc2)n2ncnc12. The van der Waals surface area contributed by atoms with Crippen LogP contribution < -0.4 is 0 Å². The molecule has 0 aliphatic rings. The molecular weight excluding hydrogens is 238 g/mol. The molecule has 0 fully saturated rings. The van der Waals surface area contributed by atoms with Crippen molar-refractivity contribution in [2.45, 2.75) is 32.7 Å². The number of aromatic nitrogens is 5. The van der Waals surface area contributed by atoms with E-state index >= 15 is 0 Å². The van der Waals surface area contributed by atoms with E-state index in [1.165, 1.54) is 5.56 Å². The van der Waals surface area contributed by atoms with Crippen LogP contribution >= 0.6 is 0 Å². The Morgan fingerprint density at radius 1 is 1.21 bits per heavy atom. The van der Waals surface area contributed by atoms with E-state index in [1.807, 2.05) is 15.3 Å². The molecule has 3 aromatic rings. The minimum atomic E-state index is 0.0574. The van der Waals surface area contributed by atoms with Crippen molar-refractivity contribution in [3.8, 4) is 0 Å². The molecule has 3 rings (SSSR count). The van der Waals surface area contributed by atoms with Crippen LogP contribution in [0.2, 0.25) is 0 Å². The van der Waals surface area contributed by atoms with Gasteiger partial charge < -0.3 is 4.57 Å². The molecule has 0 saturated heterocycles. The second-order valence-corrected chi connectivity index (χ2v) is 5.72. The Balaban J connectivity index is 2.11. The first-order valence-corrected chi connectivity index (χ1v) is 6.33. The van der Waals surface area contributed by atoms with Gasteiger partial charge in [0.05, 0.1) is 18.6 Å². The van der Waals surface area contributed by atoms with Crippen LogP contribution in [-0.2, 0) is 12.0 Å². The molecule has 0 saturated carbocycles. The highest BCUT2D eigenvalue weighted by molar-refractivity contribution is 5.51. The molecule has 0 N–H and O–H groups in total. The van der Waals surface area contributed by atoms with Crippen molar-refractivity contribution in [2.24, 2.45) is 0 Å². The second kappa shape index (κ2) is 4.19. The van der Waals surface area contributed by atoms with Gasteiger partial charge >= 0.3 is 0 Å². The van der Waals surface area contributed by atoms with Crippen LogP contribution in [-0.4, -0.2) is 24.1 Å². The zero-order valence-corrected chi connectivity index (χ0v) is 11.4. The van der Waals surface area contributed by atoms with Crippen LogP contribution in [0.5, 0.6) is 0 Å². The molecule has 0 unspecified atom stereocenters. The molecular formula is C14H17N5. The number of rotatable bonds is 2. The molecule has 5 heteroatoms. The number of hydrogen-bond acceptors (Lipinski definition) is 3. The molecule has 0 aliphatic heterocycles. The maximum atomic E-state index is 4.40. The third-order valence-corrected chi connectivity index (χ3v) is 3.21. The van der Waals surface area contributed by atoms with Crippen LogP contribution in [0.15, 0.2) is 37.2 Å². The number of imidazole rings is 1. The third-order valence-electron chi connectivity index (χ3n) is 3.21. The molecule has 0 aliphatic carbocycles. The monoisotopic (exact) mass is 255 g/mol. The molecule has 0 spiro atoms. The van der Waals surface area contributed by atoms with Crippen LogP contribution in [0.3, 0.4) is 0 Å². The number of fused-ring (bicyclic) bond motifs is 1. The standard InChI is InChI=1S/C14H17N5/c1-14(2,3)12-5-4-11(8-18-7-6-15-10-18)19-13(12)16-9-17-19/h4-7,9-10H,8H2,1-3H3. The van der Waals surface area contributed by atoms with Crippen molar-refractivity contribution >= 4 is 5.65 Å². The molecule has 0 radical (unpaired) electrons. The summed E-state index contributed by atoms with van der Waals surface area (Å²) in [5.74, 6) is 0. The first-order chi connectivity index (χ1) is 9.05. The molecule has 19 heavy (non-hydrogen) atoms. The van der Waals surface area contributed by atoms with Gasteiger partial charge in [-0.2, -0.15) is 5.10 Å². The summed E-state index contributed by atoms with van der Waals surface area (Å²) in [6.07, 6.45) is 7.14. The molecule has 98 valence electrons. The minimum Gasteiger partial charge on any atom is -0.331 e. The summed E-state index contributed by atoms with van der Waals surface area (Å²) >= 11 is 0. The fourth-order valence-corrected chi connectivity index (χ4v) is 2.23. The van der Waals surface area contributed by atoms with Crippen molar-refractivity contribution in [1.82, 2.24) is 24.1 Å². The highest BCUT2D eigenvalue weighted by Crippen LogP contribution is 2.26. The lowest BCUT2D eigenvalue weighted by Gasteiger charge is -2.20. The highest BCUT2D eigenvalue weighted by atomic mass is 15.3. The summed E-state index contributed by atoms with van der Waals surface area (Å²) in [5.41, 5.74) is 3.30. The molecule has 3 aromatic heterocycles. The van der Waals surface area contributed by atoms with Gasteiger partial charge in [-0.05, 0) is 11.5 Å². The molecule has 5 nitrogen and oxygen atoms in total. The van der Waals surface area contributed by atoms with Crippen LogP contribution in [0.4, 0.5) is 0 Å². The van der Waals surface area contributed by atoms with Gasteiger partial charge in [0.25, 0.3) is 0 Å². The summed E-state index contributed by atoms with van der Waals surface area (Å²) in [4.78, 5) is 8.46. The quantitative estimate of drug-likeness (QED) is 0.705. The summed E-state index contributed by atoms with van der Waals surface area (Å²) in [7, 11) is 0. The molecule has 3 heterocycles. The van der Waals surface area contributed by atoms with E-state index in [-0.39, 0.29) is 5.41 Å². The number of hydrogen-bond donors (Lipinski definition) is 0. The van der Waals surface area contributed by atoms with E-state index in [4.69, 9.17) is 0 Å². The van der Waals surface area contributed by atoms with Gasteiger partial charge in [-0.3, -0.25) is 0 Å². The highest BCUT2D eigenvalue weighted by Gasteiger charge is 2.19. The van der Waals surface area contributed by atoms with Crippen LogP contribution in [0.1, 0.15) is 32.0 Å². The van der Waals surface area contributed by atoms with Gasteiger partial charge in [0.2, 0.25) is 0 Å². The van der Waals surface area contributed by atoms with Crippen molar-refractivity contribution in [1.29, 1.82) is 0 Å². The zero-order valence-electron chi connectivity index (χ0n) is 11.4. The predicted octanol–water partition coefficient (Wildman–Crippen LogP) is 2.27. The first kappa shape index (κ1) is 11.9. The van der Waals surface area contributed by atoms with Crippen molar-refractivity contribution in [3.05, 3.63) is 48.4 Å². The van der Waals surface area contributed by atoms with Gasteiger partial charge in [-0.25, -0.2) is 14.5 Å². The number of nitrogens with zero attached hydrogens (tertiary/aromatic N) is 5. The van der Waals surface area contributed by atoms with E-state index in [0.717, 1.165) is 17.9 Å². The summed E-state index contributed by atoms with van der Waals surface area (Å²) in [6, 6.07) is 4.26. The normalized spacial score (nSPS) is 12.2. The largest absolute Gasteiger partial charge is 0.331 e. The lowest BCUT2D eigenvalue weighted by molar-refractivity contribution is 0.588. The van der Waals surface area contributed by atoms with Gasteiger partial charge in [-0.1, -0.05) is 26.8 Å². The van der Waals surface area contributed by atoms with E-state index in [1.54, 1.807) is 18.9 Å². The average Bonchev–Trinajstić information content (AvgIpc) is 2.97. The Labute approximate surface area is 111 Å². The smallest absolute Gasteiger partial charge is 0.159 e. The summed E-state index contributed by atoms with van der Waals surface area (Å²) in [6.45, 7) is 7.30. The fourth-order valence-electron chi connectivity index (χ4n) is 2.23. The van der Waals surface area contributed by atoms with Gasteiger partial charge in [0.15, 0.2) is 5.65 Å². The maximum absolute atomic E-state index is 4.40. The summed E-state index contributed by atoms with van der Waals surface area (Å²) < 4.78 is 3.94. The Kier molecular flexibility index (Phi) is 2.62. The van der Waals surface area contributed by atoms with Gasteiger partial charge in [0.1, 0.15) is 6.33 Å². The van der Waals surface area contributed by atoms with Gasteiger partial charge in [0, 0.05) is 18.0 Å². The third kappa shape index (κ3) is 2.12. The van der Waals surface area contributed by atoms with E-state index in [2.05, 4.69) is 48.0 Å². The first-order valence-electron chi connectivity index (χ1n) is 6.33. The average molecular weight is 255 g/mol. The predicted molar refractivity (Wildman–Crippen MR) is 73.0 cm³/mol. The maximum Gasteiger partial charge on any atom is 0.159 e. The molecule has 0 aromatic carbocycles. The molecule has 0 amide bonds. The molecule has 0 atom stereocenters. The van der Waals surface area contributed by atoms with Crippen molar-refractivity contribution in [2.75, 3.05) is 0 Å². The van der Waals surface area contributed by atoms with Crippen molar-refractivity contribution in [3.63, 3.8) is 0 Å². The van der Waals surface area contributed by atoms with Gasteiger partial charge in [-0.15, -0.1) is 0 Å². The van der Waals surface area contributed by atoms with Crippen LogP contribution in [0, 0.1) is 0 Å². The summed E-state index contributed by atoms with van der Waals surface area (Å²) in [5, 5.41) is 4.35. The molecule has 0 bridgehead atoms. The van der Waals surface area contributed by atoms with E-state index < -0.39 is 0 Å². The number of pyridine rings is 1. The van der Waals surface area contributed by atoms with Crippen LogP contribution in [0.25, 0.3) is 5.65 Å². The fraction of sp³-hybridized carbons (Fsp3) is 0.357.